The van der Waals surface area contributed by atoms with Crippen LogP contribution in [-0.2, 0) is 0 Å². The van der Waals surface area contributed by atoms with Gasteiger partial charge in [-0.15, -0.1) is 0 Å². The number of hydrogen-bond acceptors (Lipinski definition) is 4. The molecule has 1 aromatic heterocycles. The van der Waals surface area contributed by atoms with Crippen LogP contribution in [-0.4, -0.2) is 30.7 Å². The van der Waals surface area contributed by atoms with Gasteiger partial charge in [-0.2, -0.15) is 0 Å². The van der Waals surface area contributed by atoms with Crippen molar-refractivity contribution in [2.45, 2.75) is 0 Å². The molecule has 1 fully saturated rings. The first-order valence-electron chi connectivity index (χ1n) is 4.25. The molecule has 0 saturated carbocycles. The molecule has 0 atom stereocenters. The summed E-state index contributed by atoms with van der Waals surface area (Å²) in [5.41, 5.74) is 0.340. The Kier molecular flexibility index (Phi) is 2.27. The summed E-state index contributed by atoms with van der Waals surface area (Å²) in [5, 5.41) is 9.46. The second kappa shape index (κ2) is 3.57. The second-order valence-electron chi connectivity index (χ2n) is 3.12. The predicted octanol–water partition coefficient (Wildman–Crippen LogP) is -0.376. The first-order valence-corrected chi connectivity index (χ1v) is 4.25. The highest BCUT2D eigenvalue weighted by Crippen LogP contribution is 2.01. The van der Waals surface area contributed by atoms with Crippen LogP contribution >= 0.6 is 0 Å². The van der Waals surface area contributed by atoms with Gasteiger partial charge in [0.1, 0.15) is 6.26 Å². The fourth-order valence-corrected chi connectivity index (χ4v) is 1.15. The molecule has 1 aliphatic rings. The van der Waals surface area contributed by atoms with Crippen molar-refractivity contribution in [1.29, 1.82) is 0 Å². The fourth-order valence-electron chi connectivity index (χ4n) is 1.15. The highest BCUT2D eigenvalue weighted by Gasteiger charge is 2.18. The number of carbonyl (C=O) groups is 1. The van der Waals surface area contributed by atoms with Crippen LogP contribution in [0.3, 0.4) is 0 Å². The number of rotatable bonds is 3. The third-order valence-electron chi connectivity index (χ3n) is 2.09. The van der Waals surface area contributed by atoms with E-state index < -0.39 is 0 Å². The summed E-state index contributed by atoms with van der Waals surface area (Å²) in [7, 11) is 0. The zero-order chi connectivity index (χ0) is 9.10. The van der Waals surface area contributed by atoms with E-state index in [4.69, 9.17) is 0 Å². The molecule has 2 N–H and O–H groups in total. The predicted molar refractivity (Wildman–Crippen MR) is 45.2 cm³/mol. The third kappa shape index (κ3) is 1.86. The summed E-state index contributed by atoms with van der Waals surface area (Å²) in [4.78, 5) is 11.3. The number of nitrogens with zero attached hydrogens (tertiary/aromatic N) is 1. The van der Waals surface area contributed by atoms with Gasteiger partial charge in [-0.3, -0.25) is 4.79 Å². The summed E-state index contributed by atoms with van der Waals surface area (Å²) in [6.45, 7) is 2.68. The van der Waals surface area contributed by atoms with E-state index >= 15 is 0 Å². The van der Waals surface area contributed by atoms with E-state index in [-0.39, 0.29) is 5.91 Å². The van der Waals surface area contributed by atoms with E-state index in [0.717, 1.165) is 13.1 Å². The molecule has 5 nitrogen and oxygen atoms in total. The summed E-state index contributed by atoms with van der Waals surface area (Å²) < 4.78 is 4.56. The van der Waals surface area contributed by atoms with E-state index in [1.807, 2.05) is 0 Å². The zero-order valence-electron chi connectivity index (χ0n) is 7.12. The Morgan fingerprint density at radius 3 is 3.15 bits per heavy atom. The van der Waals surface area contributed by atoms with Crippen molar-refractivity contribution in [3.05, 3.63) is 18.0 Å². The van der Waals surface area contributed by atoms with Crippen LogP contribution in [0.25, 0.3) is 0 Å². The standard InChI is InChI=1S/C8H11N3O2/c12-8(7-1-2-13-11-7)10-5-6-3-9-4-6/h1-2,6,9H,3-5H2,(H,10,12). The Balaban J connectivity index is 1.78. The van der Waals surface area contributed by atoms with Crippen molar-refractivity contribution in [2.75, 3.05) is 19.6 Å². The summed E-state index contributed by atoms with van der Waals surface area (Å²) in [6, 6.07) is 1.55. The van der Waals surface area contributed by atoms with Gasteiger partial charge in [0, 0.05) is 31.6 Å². The second-order valence-corrected chi connectivity index (χ2v) is 3.12. The van der Waals surface area contributed by atoms with Gasteiger partial charge < -0.3 is 15.2 Å². The van der Waals surface area contributed by atoms with Crippen LogP contribution < -0.4 is 10.6 Å². The minimum absolute atomic E-state index is 0.166. The van der Waals surface area contributed by atoms with Crippen LogP contribution in [0.15, 0.2) is 16.9 Å². The SMILES string of the molecule is O=C(NCC1CNC1)c1ccon1. The molecule has 2 rings (SSSR count). The maximum absolute atomic E-state index is 11.3. The van der Waals surface area contributed by atoms with E-state index in [2.05, 4.69) is 20.3 Å². The molecule has 0 aromatic carbocycles. The topological polar surface area (TPSA) is 67.2 Å². The van der Waals surface area contributed by atoms with Gasteiger partial charge in [0.25, 0.3) is 5.91 Å². The van der Waals surface area contributed by atoms with Gasteiger partial charge in [0.2, 0.25) is 0 Å². The molecule has 0 aliphatic carbocycles. The monoisotopic (exact) mass is 181 g/mol. The highest BCUT2D eigenvalue weighted by atomic mass is 16.5. The molecular formula is C8H11N3O2. The van der Waals surface area contributed by atoms with Crippen LogP contribution in [0.5, 0.6) is 0 Å². The lowest BCUT2D eigenvalue weighted by atomic mass is 10.0. The summed E-state index contributed by atoms with van der Waals surface area (Å²) in [6.07, 6.45) is 1.39. The van der Waals surface area contributed by atoms with Crippen molar-refractivity contribution in [3.8, 4) is 0 Å². The molecular weight excluding hydrogens is 170 g/mol. The van der Waals surface area contributed by atoms with Gasteiger partial charge >= 0.3 is 0 Å². The molecule has 0 spiro atoms. The maximum atomic E-state index is 11.3. The van der Waals surface area contributed by atoms with Crippen molar-refractivity contribution in [3.63, 3.8) is 0 Å². The van der Waals surface area contributed by atoms with Crippen molar-refractivity contribution in [2.24, 2.45) is 5.92 Å². The Morgan fingerprint density at radius 2 is 2.62 bits per heavy atom. The molecule has 70 valence electrons. The minimum atomic E-state index is -0.166. The first-order chi connectivity index (χ1) is 6.36. The maximum Gasteiger partial charge on any atom is 0.273 e. The lowest BCUT2D eigenvalue weighted by Crippen LogP contribution is -2.48. The summed E-state index contributed by atoms with van der Waals surface area (Å²) in [5.74, 6) is 0.400. The first kappa shape index (κ1) is 8.25. The van der Waals surface area contributed by atoms with Gasteiger partial charge in [0.05, 0.1) is 0 Å². The molecule has 2 heterocycles. The molecule has 0 unspecified atom stereocenters. The van der Waals surface area contributed by atoms with E-state index in [9.17, 15) is 4.79 Å². The van der Waals surface area contributed by atoms with Crippen LogP contribution in [0.1, 0.15) is 10.5 Å². The Bertz CT molecular complexity index is 280. The molecule has 1 saturated heterocycles. The lowest BCUT2D eigenvalue weighted by molar-refractivity contribution is 0.0933. The van der Waals surface area contributed by atoms with E-state index in [1.165, 1.54) is 6.26 Å². The smallest absolute Gasteiger partial charge is 0.273 e. The molecule has 1 amide bonds. The molecule has 13 heavy (non-hydrogen) atoms. The van der Waals surface area contributed by atoms with Crippen LogP contribution in [0, 0.1) is 5.92 Å². The molecule has 1 aliphatic heterocycles. The van der Waals surface area contributed by atoms with E-state index in [0.29, 0.717) is 18.2 Å². The Morgan fingerprint density at radius 1 is 1.77 bits per heavy atom. The number of carbonyl (C=O) groups excluding carboxylic acids is 1. The normalized spacial score (nSPS) is 16.6. The molecule has 0 radical (unpaired) electrons. The average molecular weight is 181 g/mol. The minimum Gasteiger partial charge on any atom is -0.364 e. The molecule has 5 heteroatoms. The Labute approximate surface area is 75.5 Å². The molecule has 0 bridgehead atoms. The number of nitrogens with one attached hydrogen (secondary N) is 2. The van der Waals surface area contributed by atoms with Crippen LogP contribution in [0.2, 0.25) is 0 Å². The number of aromatic nitrogens is 1. The average Bonchev–Trinajstić information content (AvgIpc) is 2.52. The van der Waals surface area contributed by atoms with Crippen molar-refractivity contribution in [1.82, 2.24) is 15.8 Å². The number of amides is 1. The molecule has 1 aromatic rings. The fraction of sp³-hybridized carbons (Fsp3) is 0.500. The highest BCUT2D eigenvalue weighted by molar-refractivity contribution is 5.91. The van der Waals surface area contributed by atoms with Gasteiger partial charge in [0.15, 0.2) is 5.69 Å². The number of hydrogen-bond donors (Lipinski definition) is 2. The van der Waals surface area contributed by atoms with Gasteiger partial charge in [-0.25, -0.2) is 0 Å². The van der Waals surface area contributed by atoms with Crippen LogP contribution in [0.4, 0.5) is 0 Å². The van der Waals surface area contributed by atoms with Gasteiger partial charge in [-0.05, 0) is 0 Å². The lowest BCUT2D eigenvalue weighted by Gasteiger charge is -2.26. The quantitative estimate of drug-likeness (QED) is 0.667. The third-order valence-corrected chi connectivity index (χ3v) is 2.09. The van der Waals surface area contributed by atoms with Crippen molar-refractivity contribution >= 4 is 5.91 Å². The largest absolute Gasteiger partial charge is 0.364 e. The van der Waals surface area contributed by atoms with E-state index in [1.54, 1.807) is 6.07 Å². The van der Waals surface area contributed by atoms with Gasteiger partial charge in [-0.1, -0.05) is 5.16 Å². The Hall–Kier alpha value is -1.36. The van der Waals surface area contributed by atoms with Crippen molar-refractivity contribution < 1.29 is 9.32 Å². The zero-order valence-corrected chi connectivity index (χ0v) is 7.12. The summed E-state index contributed by atoms with van der Waals surface area (Å²) >= 11 is 0.